The molecule has 0 aliphatic rings. The second-order valence-electron chi connectivity index (χ2n) is 4.21. The van der Waals surface area contributed by atoms with Crippen molar-refractivity contribution in [2.75, 3.05) is 6.54 Å². The van der Waals surface area contributed by atoms with Crippen molar-refractivity contribution in [3.63, 3.8) is 0 Å². The van der Waals surface area contributed by atoms with Crippen LogP contribution < -0.4 is 10.1 Å². The molecule has 0 saturated carbocycles. The molecule has 0 fully saturated rings. The first-order chi connectivity index (χ1) is 8.69. The summed E-state index contributed by atoms with van der Waals surface area (Å²) in [7, 11) is 0. The highest BCUT2D eigenvalue weighted by Crippen LogP contribution is 2.29. The van der Waals surface area contributed by atoms with E-state index in [1.165, 1.54) is 0 Å². The van der Waals surface area contributed by atoms with Gasteiger partial charge in [-0.05, 0) is 25.5 Å². The second-order valence-corrected chi connectivity index (χ2v) is 4.21. The maximum Gasteiger partial charge on any atom is 0.387 e. The third-order valence-corrected chi connectivity index (χ3v) is 2.73. The minimum atomic E-state index is -2.78. The number of nitrogens with one attached hydrogen (secondary N) is 1. The maximum atomic E-state index is 12.4. The van der Waals surface area contributed by atoms with Crippen molar-refractivity contribution in [3.05, 3.63) is 29.8 Å². The van der Waals surface area contributed by atoms with Crippen molar-refractivity contribution in [2.45, 2.75) is 45.8 Å². The van der Waals surface area contributed by atoms with E-state index < -0.39 is 6.61 Å². The molecule has 0 bridgehead atoms. The first-order valence-electron chi connectivity index (χ1n) is 6.46. The van der Waals surface area contributed by atoms with Crippen LogP contribution in [-0.4, -0.2) is 13.2 Å². The molecule has 1 atom stereocenters. The zero-order chi connectivity index (χ0) is 13.4. The van der Waals surface area contributed by atoms with Gasteiger partial charge in [-0.15, -0.1) is 0 Å². The molecule has 1 unspecified atom stereocenters. The van der Waals surface area contributed by atoms with Gasteiger partial charge in [0.2, 0.25) is 0 Å². The second kappa shape index (κ2) is 8.03. The molecule has 4 heteroatoms. The molecular weight excluding hydrogens is 236 g/mol. The van der Waals surface area contributed by atoms with E-state index in [9.17, 15) is 8.78 Å². The number of rotatable bonds is 8. The van der Waals surface area contributed by atoms with Crippen LogP contribution >= 0.6 is 0 Å². The molecule has 102 valence electrons. The summed E-state index contributed by atoms with van der Waals surface area (Å²) in [6.07, 6.45) is 2.91. The van der Waals surface area contributed by atoms with Crippen LogP contribution in [0.3, 0.4) is 0 Å². The number of ether oxygens (including phenoxy) is 1. The highest BCUT2D eigenvalue weighted by Gasteiger charge is 2.16. The van der Waals surface area contributed by atoms with Crippen molar-refractivity contribution in [1.82, 2.24) is 5.32 Å². The van der Waals surface area contributed by atoms with E-state index >= 15 is 0 Å². The fourth-order valence-electron chi connectivity index (χ4n) is 1.95. The van der Waals surface area contributed by atoms with Crippen LogP contribution in [0.25, 0.3) is 0 Å². The molecular formula is C14H21F2NO. The van der Waals surface area contributed by atoms with Crippen molar-refractivity contribution < 1.29 is 13.5 Å². The molecule has 0 radical (unpaired) electrons. The number of benzene rings is 1. The molecule has 0 spiro atoms. The van der Waals surface area contributed by atoms with Gasteiger partial charge in [0, 0.05) is 11.6 Å². The summed E-state index contributed by atoms with van der Waals surface area (Å²) in [6.45, 7) is 2.25. The third kappa shape index (κ3) is 4.61. The van der Waals surface area contributed by atoms with Crippen molar-refractivity contribution in [3.8, 4) is 5.75 Å². The van der Waals surface area contributed by atoms with Crippen LogP contribution in [0.1, 0.15) is 44.7 Å². The average molecular weight is 257 g/mol. The predicted molar refractivity (Wildman–Crippen MR) is 69.0 cm³/mol. The lowest BCUT2D eigenvalue weighted by atomic mass is 10.0. The summed E-state index contributed by atoms with van der Waals surface area (Å²) in [5, 5.41) is 3.38. The fourth-order valence-corrected chi connectivity index (χ4v) is 1.95. The quantitative estimate of drug-likeness (QED) is 0.756. The van der Waals surface area contributed by atoms with Gasteiger partial charge in [-0.2, -0.15) is 8.78 Å². The molecule has 1 aromatic carbocycles. The number of halogens is 2. The van der Waals surface area contributed by atoms with Crippen LogP contribution in [0, 0.1) is 0 Å². The Balaban J connectivity index is 2.87. The standard InChI is InChI=1S/C14H21F2NO/c1-3-7-12(17-10-4-2)11-8-5-6-9-13(11)18-14(15)16/h5-6,8-9,12,14,17H,3-4,7,10H2,1-2H3. The van der Waals surface area contributed by atoms with Gasteiger partial charge in [-0.25, -0.2) is 0 Å². The number of alkyl halides is 2. The molecule has 0 saturated heterocycles. The van der Waals surface area contributed by atoms with E-state index in [1.54, 1.807) is 12.1 Å². The largest absolute Gasteiger partial charge is 0.434 e. The minimum absolute atomic E-state index is 0.0740. The van der Waals surface area contributed by atoms with Crippen LogP contribution in [0.5, 0.6) is 5.75 Å². The molecule has 0 heterocycles. The highest BCUT2D eigenvalue weighted by molar-refractivity contribution is 5.36. The average Bonchev–Trinajstić information content (AvgIpc) is 2.35. The molecule has 0 amide bonds. The Bertz CT molecular complexity index is 344. The SMILES string of the molecule is CCCNC(CCC)c1ccccc1OC(F)F. The summed E-state index contributed by atoms with van der Waals surface area (Å²) in [4.78, 5) is 0. The lowest BCUT2D eigenvalue weighted by molar-refractivity contribution is -0.0507. The van der Waals surface area contributed by atoms with E-state index in [-0.39, 0.29) is 11.8 Å². The van der Waals surface area contributed by atoms with E-state index in [1.807, 2.05) is 12.1 Å². The lowest BCUT2D eigenvalue weighted by Crippen LogP contribution is -2.23. The van der Waals surface area contributed by atoms with Crippen molar-refractivity contribution in [1.29, 1.82) is 0 Å². The van der Waals surface area contributed by atoms with Crippen LogP contribution in [0.2, 0.25) is 0 Å². The van der Waals surface area contributed by atoms with Crippen LogP contribution in [0.4, 0.5) is 8.78 Å². The van der Waals surface area contributed by atoms with Crippen LogP contribution in [0.15, 0.2) is 24.3 Å². The van der Waals surface area contributed by atoms with Gasteiger partial charge in [-0.3, -0.25) is 0 Å². The number of hydrogen-bond donors (Lipinski definition) is 1. The van der Waals surface area contributed by atoms with Gasteiger partial charge in [-0.1, -0.05) is 38.5 Å². The van der Waals surface area contributed by atoms with Gasteiger partial charge >= 0.3 is 6.61 Å². The third-order valence-electron chi connectivity index (χ3n) is 2.73. The number of hydrogen-bond acceptors (Lipinski definition) is 2. The summed E-state index contributed by atoms with van der Waals surface area (Å²) in [5.74, 6) is 0.273. The first kappa shape index (κ1) is 14.9. The van der Waals surface area contributed by atoms with E-state index in [4.69, 9.17) is 0 Å². The number of para-hydroxylation sites is 1. The Morgan fingerprint density at radius 1 is 1.17 bits per heavy atom. The molecule has 1 aromatic rings. The fraction of sp³-hybridized carbons (Fsp3) is 0.571. The summed E-state index contributed by atoms with van der Waals surface area (Å²) in [5.41, 5.74) is 0.813. The first-order valence-corrected chi connectivity index (χ1v) is 6.46. The molecule has 18 heavy (non-hydrogen) atoms. The van der Waals surface area contributed by atoms with Gasteiger partial charge < -0.3 is 10.1 Å². The molecule has 0 aromatic heterocycles. The zero-order valence-electron chi connectivity index (χ0n) is 11.0. The van der Waals surface area contributed by atoms with Gasteiger partial charge in [0.25, 0.3) is 0 Å². The topological polar surface area (TPSA) is 21.3 Å². The Morgan fingerprint density at radius 2 is 1.89 bits per heavy atom. The lowest BCUT2D eigenvalue weighted by Gasteiger charge is -2.21. The molecule has 1 N–H and O–H groups in total. The molecule has 0 aliphatic heterocycles. The zero-order valence-corrected chi connectivity index (χ0v) is 11.0. The molecule has 2 nitrogen and oxygen atoms in total. The van der Waals surface area contributed by atoms with E-state index in [0.29, 0.717) is 0 Å². The summed E-state index contributed by atoms with van der Waals surface area (Å²) in [6, 6.07) is 7.08. The van der Waals surface area contributed by atoms with E-state index in [0.717, 1.165) is 31.4 Å². The Hall–Kier alpha value is -1.16. The highest BCUT2D eigenvalue weighted by atomic mass is 19.3. The van der Waals surface area contributed by atoms with E-state index in [2.05, 4.69) is 23.9 Å². The Labute approximate surface area is 107 Å². The summed E-state index contributed by atoms with van der Waals surface area (Å²) >= 11 is 0. The normalized spacial score (nSPS) is 12.7. The maximum absolute atomic E-state index is 12.4. The summed E-state index contributed by atoms with van der Waals surface area (Å²) < 4.78 is 29.3. The monoisotopic (exact) mass is 257 g/mol. The van der Waals surface area contributed by atoms with Crippen molar-refractivity contribution >= 4 is 0 Å². The van der Waals surface area contributed by atoms with Gasteiger partial charge in [0.1, 0.15) is 5.75 Å². The molecule has 0 aliphatic carbocycles. The Morgan fingerprint density at radius 3 is 2.50 bits per heavy atom. The minimum Gasteiger partial charge on any atom is -0.434 e. The van der Waals surface area contributed by atoms with Crippen molar-refractivity contribution in [2.24, 2.45) is 0 Å². The molecule has 1 rings (SSSR count). The Kier molecular flexibility index (Phi) is 6.65. The van der Waals surface area contributed by atoms with Gasteiger partial charge in [0.05, 0.1) is 0 Å². The van der Waals surface area contributed by atoms with Gasteiger partial charge in [0.15, 0.2) is 0 Å². The smallest absolute Gasteiger partial charge is 0.387 e. The predicted octanol–water partition coefficient (Wildman–Crippen LogP) is 4.13. The van der Waals surface area contributed by atoms with Crippen LogP contribution in [-0.2, 0) is 0 Å².